The number of amides is 2. The van der Waals surface area contributed by atoms with Crippen molar-refractivity contribution in [1.82, 2.24) is 10.9 Å². The molecule has 0 aromatic heterocycles. The van der Waals surface area contributed by atoms with Gasteiger partial charge < -0.3 is 9.47 Å². The van der Waals surface area contributed by atoms with Crippen molar-refractivity contribution in [2.45, 2.75) is 40.0 Å². The van der Waals surface area contributed by atoms with E-state index < -0.39 is 11.8 Å². The second-order valence-electron chi connectivity index (χ2n) is 8.53. The largest absolute Gasteiger partial charge is 0.492 e. The third kappa shape index (κ3) is 7.85. The molecule has 2 rings (SSSR count). The Labute approximate surface area is 200 Å². The number of rotatable bonds is 7. The van der Waals surface area contributed by atoms with E-state index >= 15 is 0 Å². The van der Waals surface area contributed by atoms with Crippen LogP contribution in [0.15, 0.2) is 45.3 Å². The van der Waals surface area contributed by atoms with E-state index in [1.165, 1.54) is 0 Å². The highest BCUT2D eigenvalue weighted by atomic mass is 79.9. The first kappa shape index (κ1) is 25.2. The van der Waals surface area contributed by atoms with Gasteiger partial charge in [0.1, 0.15) is 11.5 Å². The van der Waals surface area contributed by atoms with Crippen LogP contribution in [0.3, 0.4) is 0 Å². The van der Waals surface area contributed by atoms with Gasteiger partial charge in [0.15, 0.2) is 6.61 Å². The number of hydrogen-bond donors (Lipinski definition) is 2. The lowest BCUT2D eigenvalue weighted by molar-refractivity contribution is -0.123. The van der Waals surface area contributed by atoms with Crippen LogP contribution in [0, 0.1) is 5.92 Å². The van der Waals surface area contributed by atoms with Crippen molar-refractivity contribution in [2.24, 2.45) is 5.92 Å². The number of ether oxygens (including phenoxy) is 2. The van der Waals surface area contributed by atoms with E-state index in [4.69, 9.17) is 9.47 Å². The SMILES string of the molecule is CC(C)COc1ccc(Br)cc1C(=O)NNC(=O)COc1ccc(C(C)(C)C)cc1Br. The maximum absolute atomic E-state index is 12.6. The number of carbonyl (C=O) groups excluding carboxylic acids is 2. The Morgan fingerprint density at radius 3 is 2.26 bits per heavy atom. The molecule has 0 atom stereocenters. The molecule has 2 aromatic carbocycles. The fourth-order valence-electron chi connectivity index (χ4n) is 2.52. The summed E-state index contributed by atoms with van der Waals surface area (Å²) in [6.45, 7) is 10.6. The Kier molecular flexibility index (Phi) is 8.94. The lowest BCUT2D eigenvalue weighted by atomic mass is 9.87. The van der Waals surface area contributed by atoms with Gasteiger partial charge in [0, 0.05) is 4.47 Å². The summed E-state index contributed by atoms with van der Waals surface area (Å²) in [6.07, 6.45) is 0. The first-order valence-corrected chi connectivity index (χ1v) is 11.5. The highest BCUT2D eigenvalue weighted by Crippen LogP contribution is 2.31. The van der Waals surface area contributed by atoms with Crippen molar-refractivity contribution >= 4 is 43.7 Å². The number of halogens is 2. The molecule has 0 fully saturated rings. The third-order valence-electron chi connectivity index (χ3n) is 4.23. The molecular weight excluding hydrogens is 528 g/mol. The Hall–Kier alpha value is -2.06. The minimum atomic E-state index is -0.486. The van der Waals surface area contributed by atoms with Crippen LogP contribution in [0.4, 0.5) is 0 Å². The van der Waals surface area contributed by atoms with Crippen LogP contribution in [0.25, 0.3) is 0 Å². The second-order valence-corrected chi connectivity index (χ2v) is 10.3. The molecule has 0 spiro atoms. The molecule has 0 aliphatic carbocycles. The highest BCUT2D eigenvalue weighted by Gasteiger charge is 2.17. The summed E-state index contributed by atoms with van der Waals surface area (Å²) in [5.41, 5.74) is 6.24. The van der Waals surface area contributed by atoms with Crippen LogP contribution < -0.4 is 20.3 Å². The summed E-state index contributed by atoms with van der Waals surface area (Å²) < 4.78 is 12.8. The van der Waals surface area contributed by atoms with Gasteiger partial charge in [-0.15, -0.1) is 0 Å². The molecule has 0 heterocycles. The topological polar surface area (TPSA) is 76.7 Å². The average molecular weight is 556 g/mol. The molecule has 0 unspecified atom stereocenters. The Bertz CT molecular complexity index is 940. The molecule has 0 saturated carbocycles. The van der Waals surface area contributed by atoms with Gasteiger partial charge in [-0.2, -0.15) is 0 Å². The molecule has 0 aliphatic rings. The van der Waals surface area contributed by atoms with Crippen molar-refractivity contribution in [3.63, 3.8) is 0 Å². The number of nitrogens with one attached hydrogen (secondary N) is 2. The van der Waals surface area contributed by atoms with Gasteiger partial charge in [-0.25, -0.2) is 0 Å². The summed E-state index contributed by atoms with van der Waals surface area (Å²) in [4.78, 5) is 24.7. The predicted octanol–water partition coefficient (Wildman–Crippen LogP) is 5.38. The highest BCUT2D eigenvalue weighted by molar-refractivity contribution is 9.10. The van der Waals surface area contributed by atoms with E-state index in [-0.39, 0.29) is 12.0 Å². The molecule has 6 nitrogen and oxygen atoms in total. The number of benzene rings is 2. The summed E-state index contributed by atoms with van der Waals surface area (Å²) in [5.74, 6) is 0.339. The normalized spacial score (nSPS) is 11.2. The van der Waals surface area contributed by atoms with E-state index in [2.05, 4.69) is 63.5 Å². The van der Waals surface area contributed by atoms with E-state index in [0.29, 0.717) is 29.6 Å². The monoisotopic (exact) mass is 554 g/mol. The predicted molar refractivity (Wildman–Crippen MR) is 128 cm³/mol. The lowest BCUT2D eigenvalue weighted by Gasteiger charge is -2.20. The van der Waals surface area contributed by atoms with Crippen molar-refractivity contribution in [1.29, 1.82) is 0 Å². The Balaban J connectivity index is 1.93. The van der Waals surface area contributed by atoms with Gasteiger partial charge in [0.05, 0.1) is 16.6 Å². The molecule has 0 radical (unpaired) electrons. The maximum Gasteiger partial charge on any atom is 0.276 e. The van der Waals surface area contributed by atoms with Crippen molar-refractivity contribution in [3.8, 4) is 11.5 Å². The summed E-state index contributed by atoms with van der Waals surface area (Å²) in [6, 6.07) is 10.9. The van der Waals surface area contributed by atoms with Crippen LogP contribution in [-0.4, -0.2) is 25.0 Å². The molecule has 2 N–H and O–H groups in total. The number of hydrogen-bond acceptors (Lipinski definition) is 4. The van der Waals surface area contributed by atoms with Gasteiger partial charge in [-0.3, -0.25) is 20.4 Å². The number of hydrazine groups is 1. The van der Waals surface area contributed by atoms with Crippen molar-refractivity contribution in [2.75, 3.05) is 13.2 Å². The molecule has 2 aromatic rings. The average Bonchev–Trinajstić information content (AvgIpc) is 2.69. The van der Waals surface area contributed by atoms with Crippen LogP contribution in [0.1, 0.15) is 50.5 Å². The molecule has 8 heteroatoms. The zero-order valence-corrected chi connectivity index (χ0v) is 21.5. The van der Waals surface area contributed by atoms with Crippen LogP contribution in [0.2, 0.25) is 0 Å². The summed E-state index contributed by atoms with van der Waals surface area (Å²) >= 11 is 6.83. The fourth-order valence-corrected chi connectivity index (χ4v) is 3.37. The minimum absolute atomic E-state index is 0.00682. The molecule has 0 saturated heterocycles. The van der Waals surface area contributed by atoms with Crippen LogP contribution in [-0.2, 0) is 10.2 Å². The van der Waals surface area contributed by atoms with Crippen molar-refractivity contribution in [3.05, 3.63) is 56.5 Å². The second kappa shape index (κ2) is 11.0. The molecule has 0 aliphatic heterocycles. The van der Waals surface area contributed by atoms with Gasteiger partial charge in [-0.1, -0.05) is 56.6 Å². The van der Waals surface area contributed by atoms with Crippen LogP contribution in [0.5, 0.6) is 11.5 Å². The van der Waals surface area contributed by atoms with Crippen LogP contribution >= 0.6 is 31.9 Å². The zero-order chi connectivity index (χ0) is 23.2. The Morgan fingerprint density at radius 1 is 0.968 bits per heavy atom. The Morgan fingerprint density at radius 2 is 1.65 bits per heavy atom. The molecule has 0 bridgehead atoms. The van der Waals surface area contributed by atoms with Gasteiger partial charge in [-0.05, 0) is 63.2 Å². The molecule has 168 valence electrons. The first-order chi connectivity index (χ1) is 14.5. The number of carbonyl (C=O) groups is 2. The molecule has 2 amide bonds. The third-order valence-corrected chi connectivity index (χ3v) is 5.34. The van der Waals surface area contributed by atoms with Gasteiger partial charge >= 0.3 is 0 Å². The zero-order valence-electron chi connectivity index (χ0n) is 18.3. The molecular formula is C23H28Br2N2O4. The minimum Gasteiger partial charge on any atom is -0.492 e. The maximum atomic E-state index is 12.6. The summed E-state index contributed by atoms with van der Waals surface area (Å²) in [5, 5.41) is 0. The quantitative estimate of drug-likeness (QED) is 0.449. The smallest absolute Gasteiger partial charge is 0.276 e. The first-order valence-electron chi connectivity index (χ1n) is 9.91. The van der Waals surface area contributed by atoms with Gasteiger partial charge in [0.25, 0.3) is 11.8 Å². The van der Waals surface area contributed by atoms with Crippen molar-refractivity contribution < 1.29 is 19.1 Å². The standard InChI is InChI=1S/C23H28Br2N2O4/c1-14(2)12-30-19-9-7-16(24)11-17(19)22(29)27-26-21(28)13-31-20-8-6-15(10-18(20)25)23(3,4)5/h6-11,14H,12-13H2,1-5H3,(H,26,28)(H,27,29). The van der Waals surface area contributed by atoms with E-state index in [1.807, 2.05) is 32.0 Å². The van der Waals surface area contributed by atoms with Gasteiger partial charge in [0.2, 0.25) is 0 Å². The van der Waals surface area contributed by atoms with E-state index in [0.717, 1.165) is 14.5 Å². The summed E-state index contributed by atoms with van der Waals surface area (Å²) in [7, 11) is 0. The lowest BCUT2D eigenvalue weighted by Crippen LogP contribution is -2.44. The molecule has 31 heavy (non-hydrogen) atoms. The fraction of sp³-hybridized carbons (Fsp3) is 0.391. The van der Waals surface area contributed by atoms with E-state index in [1.54, 1.807) is 18.2 Å². The van der Waals surface area contributed by atoms with E-state index in [9.17, 15) is 9.59 Å².